The number of fused-ring (bicyclic) bond motifs is 1. The van der Waals surface area contributed by atoms with E-state index >= 15 is 0 Å². The van der Waals surface area contributed by atoms with Gasteiger partial charge in [0.05, 0.1) is 15.9 Å². The number of nitrogens with one attached hydrogen (secondary N) is 2. The van der Waals surface area contributed by atoms with E-state index in [1.165, 1.54) is 27.1 Å². The summed E-state index contributed by atoms with van der Waals surface area (Å²) < 4.78 is 0. The zero-order valence-corrected chi connectivity index (χ0v) is 18.2. The molecule has 2 aromatic heterocycles. The second kappa shape index (κ2) is 8.38. The molecular formula is C26H24N4S. The number of rotatable bonds is 6. The average molecular weight is 425 g/mol. The summed E-state index contributed by atoms with van der Waals surface area (Å²) >= 11 is 1.76. The first kappa shape index (κ1) is 19.5. The molecule has 0 saturated carbocycles. The van der Waals surface area contributed by atoms with Gasteiger partial charge < -0.3 is 16.0 Å². The van der Waals surface area contributed by atoms with Crippen molar-refractivity contribution in [2.24, 2.45) is 0 Å². The van der Waals surface area contributed by atoms with Crippen LogP contribution in [0.4, 0.5) is 5.69 Å². The van der Waals surface area contributed by atoms with Crippen LogP contribution in [0.1, 0.15) is 16.7 Å². The van der Waals surface area contributed by atoms with Gasteiger partial charge in [0, 0.05) is 23.7 Å². The third kappa shape index (κ3) is 4.24. The van der Waals surface area contributed by atoms with Crippen molar-refractivity contribution in [1.29, 1.82) is 0 Å². The van der Waals surface area contributed by atoms with Crippen LogP contribution in [-0.4, -0.2) is 9.97 Å². The van der Waals surface area contributed by atoms with Crippen LogP contribution in [-0.2, 0) is 13.1 Å². The minimum absolute atomic E-state index is 0.803. The first-order valence-electron chi connectivity index (χ1n) is 10.4. The molecule has 0 aliphatic heterocycles. The van der Waals surface area contributed by atoms with Gasteiger partial charge in [-0.25, -0.2) is 4.98 Å². The molecule has 0 saturated heterocycles. The van der Waals surface area contributed by atoms with E-state index in [4.69, 9.17) is 10.7 Å². The minimum Gasteiger partial charge on any atom is -0.399 e. The van der Waals surface area contributed by atoms with Gasteiger partial charge in [0.15, 0.2) is 0 Å². The summed E-state index contributed by atoms with van der Waals surface area (Å²) in [7, 11) is 0. The second-order valence-electron chi connectivity index (χ2n) is 7.77. The molecule has 4 N–H and O–H groups in total. The Balaban J connectivity index is 1.27. The lowest BCUT2D eigenvalue weighted by atomic mass is 10.1. The van der Waals surface area contributed by atoms with Gasteiger partial charge in [-0.3, -0.25) is 0 Å². The molecule has 0 atom stereocenters. The molecule has 154 valence electrons. The molecule has 0 radical (unpaired) electrons. The Hall–Kier alpha value is -3.41. The highest BCUT2D eigenvalue weighted by Crippen LogP contribution is 2.34. The van der Waals surface area contributed by atoms with Crippen LogP contribution < -0.4 is 11.1 Å². The topological polar surface area (TPSA) is 66.7 Å². The molecule has 0 aliphatic rings. The van der Waals surface area contributed by atoms with Crippen molar-refractivity contribution in [3.8, 4) is 21.1 Å². The maximum atomic E-state index is 5.85. The molecule has 0 bridgehead atoms. The summed E-state index contributed by atoms with van der Waals surface area (Å²) in [4.78, 5) is 10.6. The molecule has 5 aromatic rings. The van der Waals surface area contributed by atoms with Crippen molar-refractivity contribution >= 4 is 28.1 Å². The van der Waals surface area contributed by atoms with Crippen LogP contribution in [0.25, 0.3) is 32.2 Å². The Labute approximate surface area is 185 Å². The average Bonchev–Trinajstić information content (AvgIpc) is 3.42. The lowest BCUT2D eigenvalue weighted by molar-refractivity contribution is 0.694. The zero-order chi connectivity index (χ0) is 21.2. The number of benzene rings is 3. The number of H-pyrrole nitrogens is 1. The van der Waals surface area contributed by atoms with Gasteiger partial charge in [0.2, 0.25) is 0 Å². The third-order valence-corrected chi connectivity index (χ3v) is 6.54. The number of thiophene rings is 1. The van der Waals surface area contributed by atoms with Gasteiger partial charge in [-0.05, 0) is 59.5 Å². The third-order valence-electron chi connectivity index (χ3n) is 5.40. The number of hydrogen-bond acceptors (Lipinski definition) is 4. The van der Waals surface area contributed by atoms with Gasteiger partial charge in [-0.2, -0.15) is 0 Å². The fourth-order valence-corrected chi connectivity index (χ4v) is 4.71. The molecule has 2 heterocycles. The highest BCUT2D eigenvalue weighted by Gasteiger charge is 2.10. The van der Waals surface area contributed by atoms with Gasteiger partial charge in [0.1, 0.15) is 5.82 Å². The highest BCUT2D eigenvalue weighted by molar-refractivity contribution is 7.18. The van der Waals surface area contributed by atoms with Crippen LogP contribution in [0.15, 0.2) is 78.9 Å². The zero-order valence-electron chi connectivity index (χ0n) is 17.4. The van der Waals surface area contributed by atoms with Crippen molar-refractivity contribution in [3.63, 3.8) is 0 Å². The summed E-state index contributed by atoms with van der Waals surface area (Å²) in [6.45, 7) is 3.72. The van der Waals surface area contributed by atoms with Gasteiger partial charge in [-0.15, -0.1) is 11.3 Å². The highest BCUT2D eigenvalue weighted by atomic mass is 32.1. The van der Waals surface area contributed by atoms with E-state index in [9.17, 15) is 0 Å². The first-order chi connectivity index (χ1) is 15.2. The van der Waals surface area contributed by atoms with Gasteiger partial charge in [-0.1, -0.05) is 48.5 Å². The van der Waals surface area contributed by atoms with Crippen molar-refractivity contribution in [2.45, 2.75) is 20.0 Å². The number of nitrogen functional groups attached to an aromatic ring is 1. The summed E-state index contributed by atoms with van der Waals surface area (Å²) in [5.41, 5.74) is 13.7. The molecule has 0 fully saturated rings. The Morgan fingerprint density at radius 2 is 1.65 bits per heavy atom. The van der Waals surface area contributed by atoms with Crippen molar-refractivity contribution < 1.29 is 0 Å². The van der Waals surface area contributed by atoms with Crippen LogP contribution in [0.5, 0.6) is 0 Å². The second-order valence-corrected chi connectivity index (χ2v) is 8.85. The molecule has 31 heavy (non-hydrogen) atoms. The van der Waals surface area contributed by atoms with E-state index in [1.807, 2.05) is 18.2 Å². The number of nitrogens with zero attached hydrogens (tertiary/aromatic N) is 1. The Bertz CT molecular complexity index is 1330. The van der Waals surface area contributed by atoms with E-state index < -0.39 is 0 Å². The number of nitrogens with two attached hydrogens (primary N) is 1. The lowest BCUT2D eigenvalue weighted by Crippen LogP contribution is -2.12. The maximum absolute atomic E-state index is 5.85. The molecule has 0 unspecified atom stereocenters. The number of anilines is 1. The fraction of sp³-hybridized carbons (Fsp3) is 0.115. The first-order valence-corrected chi connectivity index (χ1v) is 11.2. The van der Waals surface area contributed by atoms with Crippen molar-refractivity contribution in [1.82, 2.24) is 15.3 Å². The minimum atomic E-state index is 0.803. The summed E-state index contributed by atoms with van der Waals surface area (Å²) in [6, 6.07) is 27.3. The van der Waals surface area contributed by atoms with Gasteiger partial charge in [0.25, 0.3) is 0 Å². The summed E-state index contributed by atoms with van der Waals surface area (Å²) in [6.07, 6.45) is 0. The number of aromatic amines is 1. The number of para-hydroxylation sites is 1. The summed E-state index contributed by atoms with van der Waals surface area (Å²) in [5.74, 6) is 0.933. The van der Waals surface area contributed by atoms with E-state index in [0.717, 1.165) is 40.5 Å². The quantitative estimate of drug-likeness (QED) is 0.287. The molecule has 0 amide bonds. The molecule has 4 nitrogen and oxygen atoms in total. The van der Waals surface area contributed by atoms with Crippen LogP contribution >= 0.6 is 11.3 Å². The van der Waals surface area contributed by atoms with Gasteiger partial charge >= 0.3 is 0 Å². The molecule has 5 rings (SSSR count). The van der Waals surface area contributed by atoms with Crippen LogP contribution in [0.2, 0.25) is 0 Å². The smallest absolute Gasteiger partial charge is 0.148 e. The monoisotopic (exact) mass is 424 g/mol. The summed E-state index contributed by atoms with van der Waals surface area (Å²) in [5, 5.41) is 3.48. The number of imidazole rings is 1. The maximum Gasteiger partial charge on any atom is 0.148 e. The molecule has 3 aromatic carbocycles. The molecule has 0 spiro atoms. The normalized spacial score (nSPS) is 11.3. The fourth-order valence-electron chi connectivity index (χ4n) is 3.75. The van der Waals surface area contributed by atoms with E-state index in [1.54, 1.807) is 11.3 Å². The Kier molecular flexibility index (Phi) is 5.28. The van der Waals surface area contributed by atoms with Crippen molar-refractivity contribution in [2.75, 3.05) is 5.73 Å². The number of hydrogen-bond donors (Lipinski definition) is 3. The standard InChI is InChI=1S/C26H24N4S/c1-17-4-2-7-22-25(17)30-26(29-22)24-13-12-23(31-24)20-10-8-18(9-11-20)15-28-16-19-5-3-6-21(27)14-19/h2-14,28H,15-16,27H2,1H3,(H,29,30). The Morgan fingerprint density at radius 3 is 2.45 bits per heavy atom. The van der Waals surface area contributed by atoms with Crippen LogP contribution in [0, 0.1) is 6.92 Å². The Morgan fingerprint density at radius 1 is 0.871 bits per heavy atom. The SMILES string of the molecule is Cc1cccc2[nH]c(-c3ccc(-c4ccc(CNCc5cccc(N)c5)cc4)s3)nc12. The largest absolute Gasteiger partial charge is 0.399 e. The van der Waals surface area contributed by atoms with E-state index in [0.29, 0.717) is 0 Å². The van der Waals surface area contributed by atoms with E-state index in [-0.39, 0.29) is 0 Å². The molecule has 5 heteroatoms. The number of aromatic nitrogens is 2. The molecular weight excluding hydrogens is 400 g/mol. The molecule has 0 aliphatic carbocycles. The predicted molar refractivity (Wildman–Crippen MR) is 131 cm³/mol. The van der Waals surface area contributed by atoms with Crippen molar-refractivity contribution in [3.05, 3.63) is 95.6 Å². The predicted octanol–water partition coefficient (Wildman–Crippen LogP) is 6.14. The number of aryl methyl sites for hydroxylation is 1. The van der Waals surface area contributed by atoms with Crippen LogP contribution in [0.3, 0.4) is 0 Å². The van der Waals surface area contributed by atoms with E-state index in [2.05, 4.69) is 77.9 Å². The lowest BCUT2D eigenvalue weighted by Gasteiger charge is -2.07.